The van der Waals surface area contributed by atoms with Crippen molar-refractivity contribution < 1.29 is 28.6 Å². The fourth-order valence-corrected chi connectivity index (χ4v) is 5.03. The lowest BCUT2D eigenvalue weighted by atomic mass is 9.75. The Labute approximate surface area is 210 Å². The van der Waals surface area contributed by atoms with Crippen molar-refractivity contribution in [3.05, 3.63) is 60.4 Å². The second-order valence-electron chi connectivity index (χ2n) is 9.54. The number of amides is 3. The summed E-state index contributed by atoms with van der Waals surface area (Å²) in [5.74, 6) is -1.66. The second kappa shape index (κ2) is 11.1. The average Bonchev–Trinajstić information content (AvgIpc) is 2.90. The van der Waals surface area contributed by atoms with Crippen LogP contribution in [0.4, 0.5) is 20.6 Å². The molecule has 9 heteroatoms. The van der Waals surface area contributed by atoms with Crippen LogP contribution >= 0.6 is 0 Å². The van der Waals surface area contributed by atoms with Crippen molar-refractivity contribution in [2.75, 3.05) is 43.2 Å². The molecule has 2 fully saturated rings. The summed E-state index contributed by atoms with van der Waals surface area (Å²) in [4.78, 5) is 43.8. The standard InChI is InChI=1S/C27H32FN3O5/c1-29(21-11-9-20(28)10-12-21)26(35)30-15-13-27(14-16-30,25(33)34)18-24(32)31(22-6-3-2-4-7-22)23-8-5-17-36-19-23/h2-4,6-7,9-12,23H,5,8,13-19H2,1H3,(H,33,34)/t23-/m1/s1. The van der Waals surface area contributed by atoms with Crippen LogP contribution in [0.3, 0.4) is 0 Å². The van der Waals surface area contributed by atoms with E-state index < -0.39 is 17.2 Å². The largest absolute Gasteiger partial charge is 0.481 e. The molecule has 2 aromatic rings. The number of anilines is 2. The third-order valence-corrected chi connectivity index (χ3v) is 7.24. The number of hydrogen-bond donors (Lipinski definition) is 1. The van der Waals surface area contributed by atoms with Crippen molar-refractivity contribution in [1.29, 1.82) is 0 Å². The van der Waals surface area contributed by atoms with Crippen LogP contribution in [0.25, 0.3) is 0 Å². The van der Waals surface area contributed by atoms with Crippen LogP contribution in [0.5, 0.6) is 0 Å². The van der Waals surface area contributed by atoms with Crippen molar-refractivity contribution in [1.82, 2.24) is 4.90 Å². The minimum Gasteiger partial charge on any atom is -0.481 e. The molecule has 2 saturated heterocycles. The molecule has 0 bridgehead atoms. The Morgan fingerprint density at radius 3 is 2.31 bits per heavy atom. The summed E-state index contributed by atoms with van der Waals surface area (Å²) in [6.07, 6.45) is 1.81. The maximum Gasteiger partial charge on any atom is 0.324 e. The van der Waals surface area contributed by atoms with Gasteiger partial charge in [0.2, 0.25) is 5.91 Å². The Morgan fingerprint density at radius 1 is 1.06 bits per heavy atom. The quantitative estimate of drug-likeness (QED) is 0.648. The van der Waals surface area contributed by atoms with Gasteiger partial charge in [0.25, 0.3) is 0 Å². The van der Waals surface area contributed by atoms with Crippen molar-refractivity contribution in [2.45, 2.75) is 38.1 Å². The number of halogens is 1. The highest BCUT2D eigenvalue weighted by molar-refractivity contribution is 5.97. The molecule has 2 heterocycles. The Bertz CT molecular complexity index is 1060. The highest BCUT2D eigenvalue weighted by atomic mass is 19.1. The summed E-state index contributed by atoms with van der Waals surface area (Å²) in [6, 6.07) is 14.5. The van der Waals surface area contributed by atoms with Gasteiger partial charge in [0.1, 0.15) is 5.82 Å². The maximum absolute atomic E-state index is 13.6. The zero-order valence-corrected chi connectivity index (χ0v) is 20.4. The number of carbonyl (C=O) groups excluding carboxylic acids is 2. The zero-order valence-electron chi connectivity index (χ0n) is 20.4. The monoisotopic (exact) mass is 497 g/mol. The molecule has 1 N–H and O–H groups in total. The fraction of sp³-hybridized carbons (Fsp3) is 0.444. The van der Waals surface area contributed by atoms with Crippen LogP contribution in [-0.2, 0) is 14.3 Å². The minimum absolute atomic E-state index is 0.148. The molecule has 2 aromatic carbocycles. The molecule has 2 aliphatic heterocycles. The lowest BCUT2D eigenvalue weighted by Gasteiger charge is -2.41. The molecule has 1 atom stereocenters. The number of carboxylic acid groups (broad SMARTS) is 1. The maximum atomic E-state index is 13.6. The summed E-state index contributed by atoms with van der Waals surface area (Å²) in [7, 11) is 1.60. The van der Waals surface area contributed by atoms with Gasteiger partial charge < -0.3 is 19.6 Å². The highest BCUT2D eigenvalue weighted by Gasteiger charge is 2.46. The number of piperidine rings is 1. The van der Waals surface area contributed by atoms with Gasteiger partial charge in [-0.1, -0.05) is 18.2 Å². The van der Waals surface area contributed by atoms with Crippen molar-refractivity contribution >= 4 is 29.3 Å². The van der Waals surface area contributed by atoms with E-state index in [-0.39, 0.29) is 50.3 Å². The van der Waals surface area contributed by atoms with E-state index in [0.29, 0.717) is 18.9 Å². The fourth-order valence-electron chi connectivity index (χ4n) is 5.03. The van der Waals surface area contributed by atoms with E-state index in [1.54, 1.807) is 16.8 Å². The predicted octanol–water partition coefficient (Wildman–Crippen LogP) is 4.15. The lowest BCUT2D eigenvalue weighted by molar-refractivity contribution is -0.154. The Kier molecular flexibility index (Phi) is 7.88. The number of likely N-dealkylation sites (tertiary alicyclic amines) is 1. The molecule has 0 radical (unpaired) electrons. The number of para-hydroxylation sites is 1. The van der Waals surface area contributed by atoms with Crippen LogP contribution in [0.1, 0.15) is 32.1 Å². The van der Waals surface area contributed by atoms with Crippen LogP contribution in [0.15, 0.2) is 54.6 Å². The summed E-state index contributed by atoms with van der Waals surface area (Å²) < 4.78 is 18.9. The van der Waals surface area contributed by atoms with E-state index in [1.165, 1.54) is 29.2 Å². The SMILES string of the molecule is CN(C(=O)N1CCC(CC(=O)N(c2ccccc2)[C@@H]2CCCOC2)(C(=O)O)CC1)c1ccc(F)cc1. The smallest absolute Gasteiger partial charge is 0.324 e. The first-order valence-corrected chi connectivity index (χ1v) is 12.3. The van der Waals surface area contributed by atoms with Gasteiger partial charge in [0, 0.05) is 44.5 Å². The van der Waals surface area contributed by atoms with Crippen molar-refractivity contribution in [2.24, 2.45) is 5.41 Å². The van der Waals surface area contributed by atoms with E-state index in [9.17, 15) is 23.9 Å². The third-order valence-electron chi connectivity index (χ3n) is 7.24. The first-order valence-electron chi connectivity index (χ1n) is 12.3. The third kappa shape index (κ3) is 5.51. The molecule has 192 valence electrons. The molecule has 0 spiro atoms. The van der Waals surface area contributed by atoms with Crippen LogP contribution in [0.2, 0.25) is 0 Å². The summed E-state index contributed by atoms with van der Waals surface area (Å²) in [5.41, 5.74) is 0.0112. The Morgan fingerprint density at radius 2 is 1.72 bits per heavy atom. The molecule has 3 amide bonds. The predicted molar refractivity (Wildman–Crippen MR) is 133 cm³/mol. The van der Waals surface area contributed by atoms with Crippen LogP contribution in [0, 0.1) is 11.2 Å². The number of rotatable bonds is 6. The molecule has 4 rings (SSSR count). The number of nitrogens with zero attached hydrogens (tertiary/aromatic N) is 3. The number of benzene rings is 2. The average molecular weight is 498 g/mol. The Balaban J connectivity index is 1.47. The summed E-state index contributed by atoms with van der Waals surface area (Å²) in [5, 5.41) is 10.2. The molecule has 0 aliphatic carbocycles. The van der Waals surface area contributed by atoms with E-state index in [2.05, 4.69) is 0 Å². The van der Waals surface area contributed by atoms with Gasteiger partial charge in [0.05, 0.1) is 18.1 Å². The molecule has 0 aromatic heterocycles. The molecule has 2 aliphatic rings. The van der Waals surface area contributed by atoms with Crippen LogP contribution < -0.4 is 9.80 Å². The number of aliphatic carboxylic acids is 1. The van der Waals surface area contributed by atoms with Crippen LogP contribution in [-0.4, -0.2) is 67.3 Å². The molecular formula is C27H32FN3O5. The molecule has 0 saturated carbocycles. The van der Waals surface area contributed by atoms with Crippen molar-refractivity contribution in [3.63, 3.8) is 0 Å². The molecule has 0 unspecified atom stereocenters. The van der Waals surface area contributed by atoms with Gasteiger partial charge in [-0.2, -0.15) is 0 Å². The van der Waals surface area contributed by atoms with E-state index in [1.807, 2.05) is 30.3 Å². The van der Waals surface area contributed by atoms with Gasteiger partial charge >= 0.3 is 12.0 Å². The molecule has 8 nitrogen and oxygen atoms in total. The molecular weight excluding hydrogens is 465 g/mol. The van der Waals surface area contributed by atoms with Gasteiger partial charge in [-0.15, -0.1) is 0 Å². The number of ether oxygens (including phenoxy) is 1. The Hall–Kier alpha value is -3.46. The number of hydrogen-bond acceptors (Lipinski definition) is 4. The topological polar surface area (TPSA) is 90.4 Å². The van der Waals surface area contributed by atoms with Crippen molar-refractivity contribution in [3.8, 4) is 0 Å². The lowest BCUT2D eigenvalue weighted by Crippen LogP contribution is -2.53. The number of carbonyl (C=O) groups is 3. The van der Waals surface area contributed by atoms with Gasteiger partial charge in [-0.3, -0.25) is 14.5 Å². The summed E-state index contributed by atoms with van der Waals surface area (Å²) in [6.45, 7) is 1.49. The number of carboxylic acids is 1. The van der Waals surface area contributed by atoms with Gasteiger partial charge in [0.15, 0.2) is 0 Å². The number of urea groups is 1. The normalized spacial score (nSPS) is 19.4. The first-order chi connectivity index (χ1) is 17.3. The summed E-state index contributed by atoms with van der Waals surface area (Å²) >= 11 is 0. The van der Waals surface area contributed by atoms with E-state index in [4.69, 9.17) is 4.74 Å². The highest BCUT2D eigenvalue weighted by Crippen LogP contribution is 2.38. The van der Waals surface area contributed by atoms with E-state index >= 15 is 0 Å². The minimum atomic E-state index is -1.26. The molecule has 36 heavy (non-hydrogen) atoms. The van der Waals surface area contributed by atoms with Gasteiger partial charge in [-0.25, -0.2) is 9.18 Å². The zero-order chi connectivity index (χ0) is 25.7. The van der Waals surface area contributed by atoms with Gasteiger partial charge in [-0.05, 0) is 62.1 Å². The second-order valence-corrected chi connectivity index (χ2v) is 9.54. The first kappa shape index (κ1) is 25.6. The van der Waals surface area contributed by atoms with E-state index in [0.717, 1.165) is 18.5 Å².